The lowest BCUT2D eigenvalue weighted by molar-refractivity contribution is -0.312. The van der Waals surface area contributed by atoms with E-state index in [0.29, 0.717) is 6.61 Å². The quantitative estimate of drug-likeness (QED) is 0.425. The third-order valence-corrected chi connectivity index (χ3v) is 4.24. The molecule has 0 aromatic heterocycles. The summed E-state index contributed by atoms with van der Waals surface area (Å²) in [6, 6.07) is 0. The predicted molar refractivity (Wildman–Crippen MR) is 84.7 cm³/mol. The molecule has 1 aliphatic rings. The van der Waals surface area contributed by atoms with E-state index in [2.05, 4.69) is 48.1 Å². The maximum Gasteiger partial charge on any atom is 0.330 e. The highest BCUT2D eigenvalue weighted by molar-refractivity contribution is 5.81. The van der Waals surface area contributed by atoms with E-state index in [1.54, 1.807) is 0 Å². The molecule has 4 heteroatoms. The molecule has 2 atom stereocenters. The van der Waals surface area contributed by atoms with Crippen LogP contribution >= 0.6 is 0 Å². The molecule has 0 amide bonds. The van der Waals surface area contributed by atoms with Gasteiger partial charge in [-0.2, -0.15) is 5.06 Å². The van der Waals surface area contributed by atoms with Crippen molar-refractivity contribution in [3.05, 3.63) is 12.7 Å². The topological polar surface area (TPSA) is 38.8 Å². The van der Waals surface area contributed by atoms with Crippen LogP contribution in [-0.2, 0) is 14.4 Å². The summed E-state index contributed by atoms with van der Waals surface area (Å²) >= 11 is 0. The lowest BCUT2D eigenvalue weighted by Gasteiger charge is -2.56. The van der Waals surface area contributed by atoms with Crippen LogP contribution < -0.4 is 0 Å². The van der Waals surface area contributed by atoms with E-state index < -0.39 is 0 Å². The van der Waals surface area contributed by atoms with Gasteiger partial charge in [-0.05, 0) is 46.5 Å². The minimum Gasteiger partial charge on any atom is -0.457 e. The summed E-state index contributed by atoms with van der Waals surface area (Å²) in [5.74, 6) is -0.0990. The predicted octanol–water partition coefficient (Wildman–Crippen LogP) is 3.71. The van der Waals surface area contributed by atoms with E-state index in [0.717, 1.165) is 19.3 Å². The average Bonchev–Trinajstić information content (AvgIpc) is 2.37. The Morgan fingerprint density at radius 2 is 2.00 bits per heavy atom. The molecule has 0 spiro atoms. The van der Waals surface area contributed by atoms with E-state index in [1.807, 2.05) is 5.06 Å². The van der Waals surface area contributed by atoms with Crippen molar-refractivity contribution < 1.29 is 14.4 Å². The summed E-state index contributed by atoms with van der Waals surface area (Å²) < 4.78 is 5.62. The zero-order chi connectivity index (χ0) is 16.3. The van der Waals surface area contributed by atoms with Crippen molar-refractivity contribution in [2.75, 3.05) is 6.61 Å². The Bertz CT molecular complexity index is 376. The van der Waals surface area contributed by atoms with Crippen molar-refractivity contribution in [1.82, 2.24) is 5.06 Å². The van der Waals surface area contributed by atoms with E-state index in [4.69, 9.17) is 9.57 Å². The average molecular weight is 297 g/mol. The minimum absolute atomic E-state index is 0.0895. The molecule has 1 heterocycles. The van der Waals surface area contributed by atoms with Gasteiger partial charge in [-0.25, -0.2) is 4.79 Å². The smallest absolute Gasteiger partial charge is 0.330 e. The van der Waals surface area contributed by atoms with Gasteiger partial charge in [0, 0.05) is 11.6 Å². The monoisotopic (exact) mass is 297 g/mol. The number of hydroxylamine groups is 2. The molecule has 4 nitrogen and oxygen atoms in total. The summed E-state index contributed by atoms with van der Waals surface area (Å²) in [4.78, 5) is 17.7. The second-order valence-electron chi connectivity index (χ2n) is 7.19. The van der Waals surface area contributed by atoms with Gasteiger partial charge in [0.05, 0.1) is 12.1 Å². The van der Waals surface area contributed by atoms with Gasteiger partial charge in [-0.3, -0.25) is 4.84 Å². The molecular weight excluding hydrogens is 266 g/mol. The maximum atomic E-state index is 11.6. The standard InChI is InChI=1S/C17H31NO3/c1-8-10-11-20-18-16(4,5)12-13(3)15(17(18,6)7)21-14(19)9-2/h9,13,15H,2,8,10-12H2,1,3-7H3. The van der Waals surface area contributed by atoms with Crippen molar-refractivity contribution >= 4 is 5.97 Å². The third kappa shape index (κ3) is 4.07. The molecule has 1 aliphatic heterocycles. The maximum absolute atomic E-state index is 11.6. The van der Waals surface area contributed by atoms with Crippen LogP contribution in [0.2, 0.25) is 0 Å². The van der Waals surface area contributed by atoms with Gasteiger partial charge in [0.2, 0.25) is 0 Å². The zero-order valence-electron chi connectivity index (χ0n) is 14.4. The molecule has 0 saturated carbocycles. The first-order valence-electron chi connectivity index (χ1n) is 7.93. The summed E-state index contributed by atoms with van der Waals surface area (Å²) in [5.41, 5.74) is -0.471. The number of piperidine rings is 1. The molecule has 122 valence electrons. The highest BCUT2D eigenvalue weighted by atomic mass is 16.7. The van der Waals surface area contributed by atoms with Crippen LogP contribution in [0.25, 0.3) is 0 Å². The summed E-state index contributed by atoms with van der Waals surface area (Å²) in [5, 5.41) is 2.04. The number of nitrogens with zero attached hydrogens (tertiary/aromatic N) is 1. The highest BCUT2D eigenvalue weighted by Gasteiger charge is 2.53. The number of unbranched alkanes of at least 4 members (excludes halogenated alkanes) is 1. The van der Waals surface area contributed by atoms with Gasteiger partial charge < -0.3 is 4.74 Å². The first-order chi connectivity index (χ1) is 9.66. The van der Waals surface area contributed by atoms with E-state index >= 15 is 0 Å². The summed E-state index contributed by atoms with van der Waals surface area (Å²) in [6.45, 7) is 17.0. The third-order valence-electron chi connectivity index (χ3n) is 4.24. The van der Waals surface area contributed by atoms with Gasteiger partial charge in [0.15, 0.2) is 0 Å². The summed E-state index contributed by atoms with van der Waals surface area (Å²) in [7, 11) is 0. The van der Waals surface area contributed by atoms with Crippen molar-refractivity contribution in [2.45, 2.75) is 78.0 Å². The molecule has 1 rings (SSSR count). The van der Waals surface area contributed by atoms with Crippen LogP contribution in [0.4, 0.5) is 0 Å². The molecule has 1 saturated heterocycles. The van der Waals surface area contributed by atoms with E-state index in [9.17, 15) is 4.79 Å². The van der Waals surface area contributed by atoms with Crippen LogP contribution in [0.15, 0.2) is 12.7 Å². The Kier molecular flexibility index (Phi) is 6.00. The SMILES string of the molecule is C=CC(=O)OC1C(C)CC(C)(C)N(OCCCC)C1(C)C. The molecule has 0 radical (unpaired) electrons. The fourth-order valence-corrected chi connectivity index (χ4v) is 3.64. The van der Waals surface area contributed by atoms with Crippen LogP contribution in [0, 0.1) is 5.92 Å². The van der Waals surface area contributed by atoms with Gasteiger partial charge in [-0.1, -0.05) is 26.8 Å². The number of carbonyl (C=O) groups is 1. The second kappa shape index (κ2) is 6.93. The van der Waals surface area contributed by atoms with Crippen molar-refractivity contribution in [3.8, 4) is 0 Å². The van der Waals surface area contributed by atoms with Gasteiger partial charge in [0.1, 0.15) is 6.10 Å². The first-order valence-corrected chi connectivity index (χ1v) is 7.93. The van der Waals surface area contributed by atoms with Gasteiger partial charge in [0.25, 0.3) is 0 Å². The number of carbonyl (C=O) groups excluding carboxylic acids is 1. The minimum atomic E-state index is -0.381. The molecule has 21 heavy (non-hydrogen) atoms. The van der Waals surface area contributed by atoms with Gasteiger partial charge in [-0.15, -0.1) is 0 Å². The highest BCUT2D eigenvalue weighted by Crippen LogP contribution is 2.43. The van der Waals surface area contributed by atoms with E-state index in [1.165, 1.54) is 6.08 Å². The van der Waals surface area contributed by atoms with Crippen LogP contribution in [0.5, 0.6) is 0 Å². The fraction of sp³-hybridized carbons (Fsp3) is 0.824. The molecule has 2 unspecified atom stereocenters. The molecular formula is C17H31NO3. The number of rotatable bonds is 6. The molecule has 0 aliphatic carbocycles. The van der Waals surface area contributed by atoms with Crippen LogP contribution in [-0.4, -0.2) is 34.8 Å². The number of ether oxygens (including phenoxy) is 1. The molecule has 0 bridgehead atoms. The Labute approximate surface area is 129 Å². The van der Waals surface area contributed by atoms with Gasteiger partial charge >= 0.3 is 5.97 Å². The Morgan fingerprint density at radius 1 is 1.38 bits per heavy atom. The van der Waals surface area contributed by atoms with Crippen molar-refractivity contribution in [1.29, 1.82) is 0 Å². The molecule has 0 aromatic carbocycles. The van der Waals surface area contributed by atoms with Crippen LogP contribution in [0.3, 0.4) is 0 Å². The van der Waals surface area contributed by atoms with Crippen molar-refractivity contribution in [3.63, 3.8) is 0 Å². The lowest BCUT2D eigenvalue weighted by Crippen LogP contribution is -2.67. The number of hydrogen-bond acceptors (Lipinski definition) is 4. The van der Waals surface area contributed by atoms with Crippen molar-refractivity contribution in [2.24, 2.45) is 5.92 Å². The normalized spacial score (nSPS) is 28.1. The largest absolute Gasteiger partial charge is 0.457 e. The Balaban J connectivity index is 2.97. The molecule has 1 fully saturated rings. The first kappa shape index (κ1) is 18.2. The number of esters is 1. The summed E-state index contributed by atoms with van der Waals surface area (Å²) in [6.07, 6.45) is 4.05. The Hall–Kier alpha value is -0.870. The Morgan fingerprint density at radius 3 is 2.52 bits per heavy atom. The molecule has 0 aromatic rings. The second-order valence-corrected chi connectivity index (χ2v) is 7.19. The fourth-order valence-electron chi connectivity index (χ4n) is 3.64. The van der Waals surface area contributed by atoms with E-state index in [-0.39, 0.29) is 29.1 Å². The number of hydrogen-bond donors (Lipinski definition) is 0. The zero-order valence-corrected chi connectivity index (χ0v) is 14.4. The van der Waals surface area contributed by atoms with Crippen LogP contribution in [0.1, 0.15) is 60.8 Å². The lowest BCUT2D eigenvalue weighted by atomic mass is 9.73. The molecule has 0 N–H and O–H groups in total.